The van der Waals surface area contributed by atoms with Crippen LogP contribution in [0.4, 0.5) is 5.82 Å². The average Bonchev–Trinajstić information content (AvgIpc) is 3.30. The van der Waals surface area contributed by atoms with E-state index in [1.54, 1.807) is 0 Å². The Morgan fingerprint density at radius 2 is 1.90 bits per heavy atom. The molecule has 2 aromatic rings. The highest BCUT2D eigenvalue weighted by Crippen LogP contribution is 2.44. The van der Waals surface area contributed by atoms with Gasteiger partial charge in [0.15, 0.2) is 5.82 Å². The fraction of sp³-hybridized carbons (Fsp3) is 0.412. The number of anilines is 1. The highest BCUT2D eigenvalue weighted by Gasteiger charge is 2.27. The molecule has 4 heteroatoms. The molecule has 0 unspecified atom stereocenters. The van der Waals surface area contributed by atoms with Crippen LogP contribution in [0.1, 0.15) is 55.3 Å². The third-order valence-corrected chi connectivity index (χ3v) is 4.07. The lowest BCUT2D eigenvalue weighted by Gasteiger charge is -2.16. The number of aromatic nitrogens is 2. The number of nitrogens with two attached hydrogens (primary N) is 1. The van der Waals surface area contributed by atoms with Crippen LogP contribution in [0.2, 0.25) is 0 Å². The molecule has 0 saturated heterocycles. The first-order chi connectivity index (χ1) is 10.1. The van der Waals surface area contributed by atoms with Gasteiger partial charge in [-0.3, -0.25) is 0 Å². The number of benzene rings is 1. The summed E-state index contributed by atoms with van der Waals surface area (Å²) in [6, 6.07) is 8.44. The molecule has 0 radical (unpaired) electrons. The Bertz CT molecular complexity index is 660. The number of aryl methyl sites for hydroxylation is 1. The van der Waals surface area contributed by atoms with E-state index in [9.17, 15) is 0 Å². The first-order valence-electron chi connectivity index (χ1n) is 7.56. The summed E-state index contributed by atoms with van der Waals surface area (Å²) in [5, 5.41) is 0. The van der Waals surface area contributed by atoms with Gasteiger partial charge in [-0.1, -0.05) is 38.1 Å². The largest absolute Gasteiger partial charge is 0.308 e. The average molecular weight is 282 g/mol. The fourth-order valence-electron chi connectivity index (χ4n) is 2.95. The van der Waals surface area contributed by atoms with Gasteiger partial charge in [-0.15, -0.1) is 0 Å². The third-order valence-electron chi connectivity index (χ3n) is 4.07. The molecule has 0 spiro atoms. The molecule has 0 amide bonds. The number of nitrogens with one attached hydrogen (secondary N) is 1. The minimum absolute atomic E-state index is 0.337. The van der Waals surface area contributed by atoms with Crippen molar-refractivity contribution in [1.29, 1.82) is 0 Å². The van der Waals surface area contributed by atoms with Crippen molar-refractivity contribution < 1.29 is 0 Å². The monoisotopic (exact) mass is 282 g/mol. The molecule has 0 atom stereocenters. The highest BCUT2D eigenvalue weighted by atomic mass is 15.3. The van der Waals surface area contributed by atoms with E-state index in [1.807, 2.05) is 13.0 Å². The molecule has 1 aliphatic carbocycles. The standard InChI is InChI=1S/C17H22N4/c1-10(2)15-11(3)19-16(20-17(15)21-18)14-7-5-4-6-13(14)12-8-9-12/h4-7,10,12H,8-9,18H2,1-3H3,(H,19,20,21). The van der Waals surface area contributed by atoms with Crippen molar-refractivity contribution in [1.82, 2.24) is 9.97 Å². The zero-order valence-corrected chi connectivity index (χ0v) is 12.9. The lowest BCUT2D eigenvalue weighted by molar-refractivity contribution is 0.831. The number of nitrogen functional groups attached to an aromatic ring is 1. The normalized spacial score (nSPS) is 14.5. The highest BCUT2D eigenvalue weighted by molar-refractivity contribution is 5.65. The van der Waals surface area contributed by atoms with Gasteiger partial charge in [0.2, 0.25) is 0 Å². The Morgan fingerprint density at radius 1 is 1.19 bits per heavy atom. The lowest BCUT2D eigenvalue weighted by Crippen LogP contribution is -2.15. The molecule has 1 aromatic heterocycles. The van der Waals surface area contributed by atoms with Crippen LogP contribution >= 0.6 is 0 Å². The summed E-state index contributed by atoms with van der Waals surface area (Å²) in [6.07, 6.45) is 2.53. The number of hydrogen-bond donors (Lipinski definition) is 2. The minimum Gasteiger partial charge on any atom is -0.308 e. The van der Waals surface area contributed by atoms with Gasteiger partial charge in [0.05, 0.1) is 0 Å². The second-order valence-electron chi connectivity index (χ2n) is 6.06. The Labute approximate surface area is 125 Å². The van der Waals surface area contributed by atoms with Crippen LogP contribution in [0.5, 0.6) is 0 Å². The Kier molecular flexibility index (Phi) is 3.64. The molecule has 1 saturated carbocycles. The van der Waals surface area contributed by atoms with Crippen molar-refractivity contribution in [2.45, 2.75) is 45.4 Å². The van der Waals surface area contributed by atoms with E-state index >= 15 is 0 Å². The molecule has 1 aliphatic rings. The zero-order valence-electron chi connectivity index (χ0n) is 12.9. The van der Waals surface area contributed by atoms with Crippen LogP contribution < -0.4 is 11.3 Å². The number of nitrogens with zero attached hydrogens (tertiary/aromatic N) is 2. The molecule has 21 heavy (non-hydrogen) atoms. The Balaban J connectivity index is 2.13. The smallest absolute Gasteiger partial charge is 0.162 e. The quantitative estimate of drug-likeness (QED) is 0.662. The topological polar surface area (TPSA) is 63.8 Å². The summed E-state index contributed by atoms with van der Waals surface area (Å²) >= 11 is 0. The molecule has 3 N–H and O–H groups in total. The van der Waals surface area contributed by atoms with Crippen LogP contribution in [-0.2, 0) is 0 Å². The van der Waals surface area contributed by atoms with Crippen LogP contribution in [0.3, 0.4) is 0 Å². The third kappa shape index (κ3) is 2.63. The first kappa shape index (κ1) is 14.0. The van der Waals surface area contributed by atoms with E-state index in [0.29, 0.717) is 11.8 Å². The van der Waals surface area contributed by atoms with Gasteiger partial charge in [-0.25, -0.2) is 15.8 Å². The van der Waals surface area contributed by atoms with Gasteiger partial charge in [-0.2, -0.15) is 0 Å². The van der Waals surface area contributed by atoms with Gasteiger partial charge in [0.25, 0.3) is 0 Å². The molecule has 0 bridgehead atoms. The zero-order chi connectivity index (χ0) is 15.0. The van der Waals surface area contributed by atoms with Crippen molar-refractivity contribution in [3.05, 3.63) is 41.1 Å². The van der Waals surface area contributed by atoms with Crippen molar-refractivity contribution in [2.75, 3.05) is 5.43 Å². The molecule has 1 heterocycles. The Morgan fingerprint density at radius 3 is 2.52 bits per heavy atom. The number of rotatable bonds is 4. The fourth-order valence-corrected chi connectivity index (χ4v) is 2.95. The predicted octanol–water partition coefficient (Wildman–Crippen LogP) is 3.74. The van der Waals surface area contributed by atoms with Crippen molar-refractivity contribution in [3.63, 3.8) is 0 Å². The summed E-state index contributed by atoms with van der Waals surface area (Å²) in [5.74, 6) is 8.19. The van der Waals surface area contributed by atoms with Gasteiger partial charge >= 0.3 is 0 Å². The lowest BCUT2D eigenvalue weighted by atomic mass is 10.00. The van der Waals surface area contributed by atoms with Crippen LogP contribution in [0, 0.1) is 6.92 Å². The maximum Gasteiger partial charge on any atom is 0.162 e. The first-order valence-corrected chi connectivity index (χ1v) is 7.56. The van der Waals surface area contributed by atoms with E-state index in [2.05, 4.69) is 42.5 Å². The number of hydrogen-bond acceptors (Lipinski definition) is 4. The second-order valence-corrected chi connectivity index (χ2v) is 6.06. The summed E-state index contributed by atoms with van der Waals surface area (Å²) in [5.41, 5.74) is 7.32. The van der Waals surface area contributed by atoms with E-state index in [1.165, 1.54) is 18.4 Å². The molecule has 4 nitrogen and oxygen atoms in total. The molecular formula is C17H22N4. The molecule has 1 aromatic carbocycles. The van der Waals surface area contributed by atoms with Crippen LogP contribution in [-0.4, -0.2) is 9.97 Å². The van der Waals surface area contributed by atoms with E-state index in [-0.39, 0.29) is 0 Å². The maximum absolute atomic E-state index is 5.67. The van der Waals surface area contributed by atoms with Gasteiger partial charge < -0.3 is 5.43 Å². The SMILES string of the molecule is Cc1nc(-c2ccccc2C2CC2)nc(NN)c1C(C)C. The molecular weight excluding hydrogens is 260 g/mol. The van der Waals surface area contributed by atoms with Crippen LogP contribution in [0.15, 0.2) is 24.3 Å². The van der Waals surface area contributed by atoms with E-state index < -0.39 is 0 Å². The molecule has 3 rings (SSSR count). The molecule has 1 fully saturated rings. The summed E-state index contributed by atoms with van der Waals surface area (Å²) in [7, 11) is 0. The summed E-state index contributed by atoms with van der Waals surface area (Å²) < 4.78 is 0. The molecule has 0 aliphatic heterocycles. The molecule has 110 valence electrons. The van der Waals surface area contributed by atoms with E-state index in [4.69, 9.17) is 10.8 Å². The van der Waals surface area contributed by atoms with Crippen molar-refractivity contribution >= 4 is 5.82 Å². The van der Waals surface area contributed by atoms with Crippen molar-refractivity contribution in [2.24, 2.45) is 5.84 Å². The summed E-state index contributed by atoms with van der Waals surface area (Å²) in [4.78, 5) is 9.40. The minimum atomic E-state index is 0.337. The number of hydrazine groups is 1. The van der Waals surface area contributed by atoms with Gasteiger partial charge in [-0.05, 0) is 37.2 Å². The van der Waals surface area contributed by atoms with Crippen molar-refractivity contribution in [3.8, 4) is 11.4 Å². The maximum atomic E-state index is 5.67. The second kappa shape index (κ2) is 5.45. The van der Waals surface area contributed by atoms with Crippen LogP contribution in [0.25, 0.3) is 11.4 Å². The van der Waals surface area contributed by atoms with Gasteiger partial charge in [0.1, 0.15) is 5.82 Å². The van der Waals surface area contributed by atoms with Gasteiger partial charge in [0, 0.05) is 16.8 Å². The predicted molar refractivity (Wildman–Crippen MR) is 86.1 cm³/mol. The van der Waals surface area contributed by atoms with E-state index in [0.717, 1.165) is 28.5 Å². The summed E-state index contributed by atoms with van der Waals surface area (Å²) in [6.45, 7) is 6.29. The Hall–Kier alpha value is -1.94.